The summed E-state index contributed by atoms with van der Waals surface area (Å²) >= 11 is 0. The van der Waals surface area contributed by atoms with Crippen molar-refractivity contribution in [1.82, 2.24) is 13.9 Å². The highest BCUT2D eigenvalue weighted by atomic mass is 32.2. The average Bonchev–Trinajstić information content (AvgIpc) is 3.15. The fourth-order valence-corrected chi connectivity index (χ4v) is 4.37. The van der Waals surface area contributed by atoms with E-state index in [0.29, 0.717) is 31.9 Å². The highest BCUT2D eigenvalue weighted by molar-refractivity contribution is 7.88. The number of ether oxygens (including phenoxy) is 1. The average molecular weight is 417 g/mol. The van der Waals surface area contributed by atoms with Crippen LogP contribution >= 0.6 is 0 Å². The molecule has 1 N–H and O–H groups in total. The zero-order valence-corrected chi connectivity index (χ0v) is 17.0. The van der Waals surface area contributed by atoms with E-state index in [1.54, 1.807) is 6.33 Å². The van der Waals surface area contributed by atoms with Gasteiger partial charge in [-0.05, 0) is 42.5 Å². The lowest BCUT2D eigenvalue weighted by molar-refractivity contribution is 0.201. The summed E-state index contributed by atoms with van der Waals surface area (Å²) in [6, 6.07) is 13.8. The summed E-state index contributed by atoms with van der Waals surface area (Å²) in [7, 11) is -3.13. The maximum atomic E-state index is 11.7. The van der Waals surface area contributed by atoms with E-state index in [1.165, 1.54) is 10.6 Å². The topological polar surface area (TPSA) is 87.9 Å². The first kappa shape index (κ1) is 19.7. The Hall–Kier alpha value is -2.62. The van der Waals surface area contributed by atoms with Gasteiger partial charge in [-0.15, -0.1) is 0 Å². The third kappa shape index (κ3) is 4.21. The summed E-state index contributed by atoms with van der Waals surface area (Å²) in [6.07, 6.45) is 3.05. The quantitative estimate of drug-likeness (QED) is 0.655. The first-order valence-corrected chi connectivity index (χ1v) is 11.3. The largest absolute Gasteiger partial charge is 0.491 e. The van der Waals surface area contributed by atoms with E-state index in [-0.39, 0.29) is 13.2 Å². The van der Waals surface area contributed by atoms with Gasteiger partial charge in [0.15, 0.2) is 0 Å². The minimum Gasteiger partial charge on any atom is -0.491 e. The zero-order valence-electron chi connectivity index (χ0n) is 16.2. The Bertz CT molecular complexity index is 1090. The molecule has 8 nitrogen and oxygen atoms in total. The third-order valence-corrected chi connectivity index (χ3v) is 6.38. The van der Waals surface area contributed by atoms with Crippen molar-refractivity contribution in [2.24, 2.45) is 0 Å². The Kier molecular flexibility index (Phi) is 5.44. The molecular formula is C20H24N4O4S. The number of fused-ring (bicyclic) bond motifs is 1. The number of benzene rings is 2. The lowest BCUT2D eigenvalue weighted by Crippen LogP contribution is -2.48. The second kappa shape index (κ2) is 8.02. The molecule has 2 aromatic carbocycles. The van der Waals surface area contributed by atoms with Crippen LogP contribution in [0.1, 0.15) is 0 Å². The Morgan fingerprint density at radius 1 is 1.03 bits per heavy atom. The van der Waals surface area contributed by atoms with Gasteiger partial charge in [0.2, 0.25) is 10.0 Å². The van der Waals surface area contributed by atoms with Gasteiger partial charge in [0.1, 0.15) is 18.7 Å². The third-order valence-electron chi connectivity index (χ3n) is 5.08. The Morgan fingerprint density at radius 3 is 2.38 bits per heavy atom. The monoisotopic (exact) mass is 416 g/mol. The van der Waals surface area contributed by atoms with E-state index in [1.807, 2.05) is 41.0 Å². The molecule has 0 unspecified atom stereocenters. The van der Waals surface area contributed by atoms with Gasteiger partial charge in [0.05, 0.1) is 23.9 Å². The summed E-state index contributed by atoms with van der Waals surface area (Å²) in [5.41, 5.74) is 3.89. The SMILES string of the molecule is CS(=O)(=O)N1CCN(c2ccc3c(c2)ncn3-c2ccc(OCCO)cc2)CC1. The van der Waals surface area contributed by atoms with Gasteiger partial charge >= 0.3 is 0 Å². The van der Waals surface area contributed by atoms with Crippen LogP contribution in [0.15, 0.2) is 48.8 Å². The van der Waals surface area contributed by atoms with E-state index in [4.69, 9.17) is 9.84 Å². The maximum absolute atomic E-state index is 11.7. The maximum Gasteiger partial charge on any atom is 0.211 e. The van der Waals surface area contributed by atoms with Gasteiger partial charge in [0.25, 0.3) is 0 Å². The van der Waals surface area contributed by atoms with Crippen molar-refractivity contribution in [3.63, 3.8) is 0 Å². The number of imidazole rings is 1. The van der Waals surface area contributed by atoms with Crippen LogP contribution in [0.4, 0.5) is 5.69 Å². The Balaban J connectivity index is 1.52. The van der Waals surface area contributed by atoms with Crippen molar-refractivity contribution in [1.29, 1.82) is 0 Å². The molecule has 0 aliphatic carbocycles. The molecule has 0 saturated carbocycles. The molecule has 2 heterocycles. The fourth-order valence-electron chi connectivity index (χ4n) is 3.55. The van der Waals surface area contributed by atoms with Gasteiger partial charge < -0.3 is 14.7 Å². The lowest BCUT2D eigenvalue weighted by Gasteiger charge is -2.34. The first-order valence-electron chi connectivity index (χ1n) is 9.47. The molecule has 1 aliphatic rings. The van der Waals surface area contributed by atoms with Crippen molar-refractivity contribution >= 4 is 26.7 Å². The normalized spacial score (nSPS) is 15.7. The molecule has 0 bridgehead atoms. The number of nitrogens with zero attached hydrogens (tertiary/aromatic N) is 4. The molecule has 4 rings (SSSR count). The van der Waals surface area contributed by atoms with Crippen molar-refractivity contribution in [3.05, 3.63) is 48.8 Å². The molecule has 29 heavy (non-hydrogen) atoms. The molecular weight excluding hydrogens is 392 g/mol. The first-order chi connectivity index (χ1) is 14.0. The van der Waals surface area contributed by atoms with Gasteiger partial charge in [-0.1, -0.05) is 0 Å². The molecule has 0 amide bonds. The van der Waals surface area contributed by atoms with Crippen LogP contribution in [0, 0.1) is 0 Å². The van der Waals surface area contributed by atoms with Crippen LogP contribution < -0.4 is 9.64 Å². The molecule has 1 fully saturated rings. The summed E-state index contributed by atoms with van der Waals surface area (Å²) in [6.45, 7) is 2.57. The highest BCUT2D eigenvalue weighted by Gasteiger charge is 2.23. The summed E-state index contributed by atoms with van der Waals surface area (Å²) in [5, 5.41) is 8.85. The Labute approximate surface area is 170 Å². The van der Waals surface area contributed by atoms with Gasteiger partial charge in [0, 0.05) is 37.6 Å². The van der Waals surface area contributed by atoms with E-state index >= 15 is 0 Å². The molecule has 9 heteroatoms. The lowest BCUT2D eigenvalue weighted by atomic mass is 10.2. The summed E-state index contributed by atoms with van der Waals surface area (Å²) in [4.78, 5) is 6.73. The minimum atomic E-state index is -3.13. The van der Waals surface area contributed by atoms with Crippen LogP contribution in [0.5, 0.6) is 5.75 Å². The van der Waals surface area contributed by atoms with Crippen molar-refractivity contribution in [2.75, 3.05) is 50.5 Å². The van der Waals surface area contributed by atoms with Gasteiger partial charge in [-0.25, -0.2) is 13.4 Å². The van der Waals surface area contributed by atoms with Gasteiger partial charge in [-0.2, -0.15) is 4.31 Å². The molecule has 1 saturated heterocycles. The molecule has 0 atom stereocenters. The molecule has 3 aromatic rings. The van der Waals surface area contributed by atoms with Crippen molar-refractivity contribution < 1.29 is 18.3 Å². The number of hydrogen-bond donors (Lipinski definition) is 1. The standard InChI is InChI=1S/C20H24N4O4S/c1-29(26,27)23-10-8-22(9-11-23)17-4-7-20-19(14-17)21-15-24(20)16-2-5-18(6-3-16)28-13-12-25/h2-7,14-15,25H,8-13H2,1H3. The van der Waals surface area contributed by atoms with E-state index < -0.39 is 10.0 Å². The predicted molar refractivity (Wildman–Crippen MR) is 112 cm³/mol. The number of piperazine rings is 1. The van der Waals surface area contributed by atoms with E-state index in [9.17, 15) is 8.42 Å². The second-order valence-electron chi connectivity index (χ2n) is 7.00. The van der Waals surface area contributed by atoms with Crippen LogP contribution in [0.25, 0.3) is 16.7 Å². The molecule has 0 spiro atoms. The number of rotatable bonds is 6. The van der Waals surface area contributed by atoms with Crippen molar-refractivity contribution in [3.8, 4) is 11.4 Å². The molecule has 154 valence electrons. The van der Waals surface area contributed by atoms with Crippen LogP contribution in [-0.2, 0) is 10.0 Å². The molecule has 1 aliphatic heterocycles. The number of aliphatic hydroxyl groups is 1. The van der Waals surface area contributed by atoms with Gasteiger partial charge in [-0.3, -0.25) is 4.57 Å². The van der Waals surface area contributed by atoms with E-state index in [2.05, 4.69) is 16.0 Å². The Morgan fingerprint density at radius 2 is 1.72 bits per heavy atom. The smallest absolute Gasteiger partial charge is 0.211 e. The second-order valence-corrected chi connectivity index (χ2v) is 8.99. The van der Waals surface area contributed by atoms with Crippen LogP contribution in [-0.4, -0.2) is 73.0 Å². The van der Waals surface area contributed by atoms with Crippen LogP contribution in [0.2, 0.25) is 0 Å². The van der Waals surface area contributed by atoms with Crippen molar-refractivity contribution in [2.45, 2.75) is 0 Å². The predicted octanol–water partition coefficient (Wildman–Crippen LogP) is 1.48. The number of hydrogen-bond acceptors (Lipinski definition) is 6. The number of aromatic nitrogens is 2. The molecule has 1 aromatic heterocycles. The number of aliphatic hydroxyl groups excluding tert-OH is 1. The number of sulfonamides is 1. The highest BCUT2D eigenvalue weighted by Crippen LogP contribution is 2.25. The number of anilines is 1. The summed E-state index contributed by atoms with van der Waals surface area (Å²) < 4.78 is 32.3. The minimum absolute atomic E-state index is 0.0143. The zero-order chi connectivity index (χ0) is 20.4. The van der Waals surface area contributed by atoms with E-state index in [0.717, 1.165) is 22.4 Å². The fraction of sp³-hybridized carbons (Fsp3) is 0.350. The molecule has 0 radical (unpaired) electrons. The summed E-state index contributed by atoms with van der Waals surface area (Å²) in [5.74, 6) is 0.711. The van der Waals surface area contributed by atoms with Crippen LogP contribution in [0.3, 0.4) is 0 Å².